The second-order valence-corrected chi connectivity index (χ2v) is 4.39. The van der Waals surface area contributed by atoms with Crippen molar-refractivity contribution in [2.24, 2.45) is 0 Å². The molecule has 0 spiro atoms. The summed E-state index contributed by atoms with van der Waals surface area (Å²) in [4.78, 5) is 16.2. The number of aromatic nitrogens is 1. The quantitative estimate of drug-likeness (QED) is 0.829. The highest BCUT2D eigenvalue weighted by molar-refractivity contribution is 6.05. The molecule has 1 amide bonds. The largest absolute Gasteiger partial charge is 0.396 e. The van der Waals surface area contributed by atoms with Crippen molar-refractivity contribution < 1.29 is 13.6 Å². The number of hydrogen-bond donors (Lipinski definition) is 2. The Morgan fingerprint density at radius 2 is 1.90 bits per heavy atom. The first-order valence-electron chi connectivity index (χ1n) is 5.88. The molecule has 0 atom stereocenters. The monoisotopic (exact) mass is 277 g/mol. The number of carbonyl (C=O) groups excluding carboxylic acids is 1. The first-order valence-corrected chi connectivity index (χ1v) is 5.88. The second-order valence-electron chi connectivity index (χ2n) is 4.39. The van der Waals surface area contributed by atoms with Gasteiger partial charge in [0.15, 0.2) is 0 Å². The molecule has 0 aliphatic heterocycles. The third-order valence-corrected chi connectivity index (χ3v) is 2.80. The Labute approximate surface area is 114 Å². The first-order chi connectivity index (χ1) is 9.38. The summed E-state index contributed by atoms with van der Waals surface area (Å²) in [5.41, 5.74) is 6.61. The number of hydrogen-bond acceptors (Lipinski definition) is 3. The molecule has 1 heterocycles. The number of anilines is 2. The summed E-state index contributed by atoms with van der Waals surface area (Å²) in [6.45, 7) is 3.54. The summed E-state index contributed by atoms with van der Waals surface area (Å²) >= 11 is 0. The molecule has 0 saturated heterocycles. The fraction of sp³-hybridized carbons (Fsp3) is 0.143. The smallest absolute Gasteiger partial charge is 0.258 e. The third-order valence-electron chi connectivity index (χ3n) is 2.80. The van der Waals surface area contributed by atoms with Crippen LogP contribution in [0.15, 0.2) is 24.3 Å². The van der Waals surface area contributed by atoms with Crippen molar-refractivity contribution in [3.05, 3.63) is 52.9 Å². The van der Waals surface area contributed by atoms with Crippen molar-refractivity contribution in [2.75, 3.05) is 11.1 Å². The molecule has 0 unspecified atom stereocenters. The maximum Gasteiger partial charge on any atom is 0.258 e. The van der Waals surface area contributed by atoms with E-state index in [9.17, 15) is 13.6 Å². The maximum absolute atomic E-state index is 13.6. The van der Waals surface area contributed by atoms with E-state index in [-0.39, 0.29) is 11.3 Å². The number of nitrogen functional groups attached to an aromatic ring is 1. The number of nitrogens with two attached hydrogens (primary N) is 1. The number of benzene rings is 1. The van der Waals surface area contributed by atoms with Crippen molar-refractivity contribution in [1.29, 1.82) is 0 Å². The molecule has 0 saturated carbocycles. The minimum Gasteiger partial charge on any atom is -0.396 e. The van der Waals surface area contributed by atoms with Crippen LogP contribution in [0.2, 0.25) is 0 Å². The lowest BCUT2D eigenvalue weighted by Crippen LogP contribution is -2.16. The first kappa shape index (κ1) is 13.9. The van der Waals surface area contributed by atoms with Crippen LogP contribution in [0.25, 0.3) is 0 Å². The van der Waals surface area contributed by atoms with Crippen LogP contribution in [0.3, 0.4) is 0 Å². The summed E-state index contributed by atoms with van der Waals surface area (Å²) in [5, 5.41) is 2.52. The average molecular weight is 277 g/mol. The van der Waals surface area contributed by atoms with Crippen molar-refractivity contribution in [3.63, 3.8) is 0 Å². The molecule has 2 rings (SSSR count). The number of amides is 1. The van der Waals surface area contributed by atoms with Crippen molar-refractivity contribution in [1.82, 2.24) is 4.98 Å². The van der Waals surface area contributed by atoms with Crippen LogP contribution >= 0.6 is 0 Å². The molecule has 0 aliphatic rings. The Hall–Kier alpha value is -2.50. The Kier molecular flexibility index (Phi) is 3.65. The van der Waals surface area contributed by atoms with Crippen molar-refractivity contribution in [3.8, 4) is 0 Å². The zero-order valence-electron chi connectivity index (χ0n) is 11.0. The van der Waals surface area contributed by atoms with Crippen molar-refractivity contribution >= 4 is 17.3 Å². The van der Waals surface area contributed by atoms with Gasteiger partial charge in [-0.05, 0) is 32.0 Å². The summed E-state index contributed by atoms with van der Waals surface area (Å²) < 4.78 is 26.6. The molecular weight excluding hydrogens is 264 g/mol. The number of pyridine rings is 1. The predicted molar refractivity (Wildman–Crippen MR) is 72.4 cm³/mol. The Bertz CT molecular complexity index is 686. The van der Waals surface area contributed by atoms with Crippen LogP contribution in [-0.2, 0) is 0 Å². The number of nitrogens with one attached hydrogen (secondary N) is 1. The Morgan fingerprint density at radius 3 is 2.55 bits per heavy atom. The molecule has 1 aromatic carbocycles. The fourth-order valence-electron chi connectivity index (χ4n) is 1.75. The van der Waals surface area contributed by atoms with E-state index < -0.39 is 17.5 Å². The van der Waals surface area contributed by atoms with E-state index in [2.05, 4.69) is 10.3 Å². The van der Waals surface area contributed by atoms with Crippen LogP contribution in [0, 0.1) is 25.5 Å². The molecule has 1 aromatic heterocycles. The molecule has 0 bridgehead atoms. The van der Waals surface area contributed by atoms with Gasteiger partial charge in [0.2, 0.25) is 0 Å². The molecule has 0 aliphatic carbocycles. The molecule has 0 radical (unpaired) electrons. The molecule has 2 aromatic rings. The van der Waals surface area contributed by atoms with Crippen LogP contribution in [0.1, 0.15) is 21.7 Å². The zero-order valence-corrected chi connectivity index (χ0v) is 11.0. The second kappa shape index (κ2) is 5.24. The number of rotatable bonds is 2. The lowest BCUT2D eigenvalue weighted by Gasteiger charge is -2.09. The van der Waals surface area contributed by atoms with Crippen LogP contribution < -0.4 is 11.1 Å². The van der Waals surface area contributed by atoms with E-state index in [1.54, 1.807) is 19.1 Å². The third kappa shape index (κ3) is 2.74. The van der Waals surface area contributed by atoms with E-state index >= 15 is 0 Å². The van der Waals surface area contributed by atoms with E-state index in [1.807, 2.05) is 6.92 Å². The number of halogens is 2. The average Bonchev–Trinajstić information content (AvgIpc) is 2.37. The van der Waals surface area contributed by atoms with Crippen LogP contribution in [0.4, 0.5) is 20.2 Å². The van der Waals surface area contributed by atoms with Gasteiger partial charge in [-0.1, -0.05) is 0 Å². The molecule has 104 valence electrons. The van der Waals surface area contributed by atoms with Gasteiger partial charge in [0.05, 0.1) is 22.6 Å². The van der Waals surface area contributed by atoms with Crippen LogP contribution in [-0.4, -0.2) is 10.9 Å². The molecule has 0 fully saturated rings. The van der Waals surface area contributed by atoms with Gasteiger partial charge < -0.3 is 11.1 Å². The summed E-state index contributed by atoms with van der Waals surface area (Å²) in [6.07, 6.45) is 0. The van der Waals surface area contributed by atoms with Crippen molar-refractivity contribution in [2.45, 2.75) is 13.8 Å². The molecule has 4 nitrogen and oxygen atoms in total. The Balaban J connectivity index is 2.31. The van der Waals surface area contributed by atoms with E-state index in [4.69, 9.17) is 5.73 Å². The van der Waals surface area contributed by atoms with E-state index in [0.29, 0.717) is 17.4 Å². The lowest BCUT2D eigenvalue weighted by molar-refractivity contribution is 0.102. The standard InChI is InChI=1S/C14H13F2N3O/c1-7-3-4-13(8(2)18-7)19-14(20)9-5-12(17)11(16)6-10(9)15/h3-6H,17H2,1-2H3,(H,19,20). The van der Waals surface area contributed by atoms with Gasteiger partial charge in [0.25, 0.3) is 5.91 Å². The summed E-state index contributed by atoms with van der Waals surface area (Å²) in [5.74, 6) is -2.57. The van der Waals surface area contributed by atoms with Crippen LogP contribution in [0.5, 0.6) is 0 Å². The van der Waals surface area contributed by atoms with Gasteiger partial charge in [-0.2, -0.15) is 0 Å². The number of nitrogens with zero attached hydrogens (tertiary/aromatic N) is 1. The predicted octanol–water partition coefficient (Wildman–Crippen LogP) is 2.81. The summed E-state index contributed by atoms with van der Waals surface area (Å²) in [6, 6.07) is 4.94. The lowest BCUT2D eigenvalue weighted by atomic mass is 10.1. The number of carbonyl (C=O) groups is 1. The van der Waals surface area contributed by atoms with Gasteiger partial charge >= 0.3 is 0 Å². The molecular formula is C14H13F2N3O. The SMILES string of the molecule is Cc1ccc(NC(=O)c2cc(N)c(F)cc2F)c(C)n1. The van der Waals surface area contributed by atoms with Gasteiger partial charge in [-0.25, -0.2) is 8.78 Å². The zero-order chi connectivity index (χ0) is 14.9. The number of aryl methyl sites for hydroxylation is 2. The minimum absolute atomic E-state index is 0.282. The summed E-state index contributed by atoms with van der Waals surface area (Å²) in [7, 11) is 0. The van der Waals surface area contributed by atoms with E-state index in [1.165, 1.54) is 0 Å². The highest BCUT2D eigenvalue weighted by atomic mass is 19.1. The Morgan fingerprint density at radius 1 is 1.20 bits per heavy atom. The highest BCUT2D eigenvalue weighted by Crippen LogP contribution is 2.19. The molecule has 20 heavy (non-hydrogen) atoms. The molecule has 3 N–H and O–H groups in total. The fourth-order valence-corrected chi connectivity index (χ4v) is 1.75. The maximum atomic E-state index is 13.6. The van der Waals surface area contributed by atoms with Gasteiger partial charge in [-0.15, -0.1) is 0 Å². The minimum atomic E-state index is -0.966. The highest BCUT2D eigenvalue weighted by Gasteiger charge is 2.16. The molecule has 6 heteroatoms. The van der Waals surface area contributed by atoms with Gasteiger partial charge in [0, 0.05) is 11.8 Å². The van der Waals surface area contributed by atoms with E-state index in [0.717, 1.165) is 11.8 Å². The van der Waals surface area contributed by atoms with Gasteiger partial charge in [0.1, 0.15) is 11.6 Å². The van der Waals surface area contributed by atoms with Gasteiger partial charge in [-0.3, -0.25) is 9.78 Å². The topological polar surface area (TPSA) is 68.0 Å². The normalized spacial score (nSPS) is 10.4.